The molecule has 0 bridgehead atoms. The number of pyridine rings is 1. The van der Waals surface area contributed by atoms with Gasteiger partial charge in [0, 0.05) is 10.8 Å². The molecule has 1 N–H and O–H groups in total. The lowest BCUT2D eigenvalue weighted by Crippen LogP contribution is -2.41. The van der Waals surface area contributed by atoms with E-state index < -0.39 is 12.0 Å². The number of nitrogens with zero attached hydrogens (tertiary/aromatic N) is 1. The number of aromatic nitrogens is 1. The van der Waals surface area contributed by atoms with Crippen molar-refractivity contribution in [1.82, 2.24) is 10.3 Å². The van der Waals surface area contributed by atoms with Gasteiger partial charge >= 0.3 is 5.97 Å². The number of methoxy groups -OCH3 is 1. The van der Waals surface area contributed by atoms with E-state index in [0.717, 1.165) is 27.4 Å². The molecule has 31 heavy (non-hydrogen) atoms. The van der Waals surface area contributed by atoms with E-state index in [4.69, 9.17) is 4.74 Å². The van der Waals surface area contributed by atoms with Gasteiger partial charge < -0.3 is 10.1 Å². The summed E-state index contributed by atoms with van der Waals surface area (Å²) in [5, 5.41) is 4.34. The van der Waals surface area contributed by atoms with Gasteiger partial charge in [0.2, 0.25) is 0 Å². The molecule has 0 saturated carbocycles. The Morgan fingerprint density at radius 3 is 2.10 bits per heavy atom. The summed E-state index contributed by atoms with van der Waals surface area (Å²) in [6.07, 6.45) is 4.09. The fourth-order valence-corrected chi connectivity index (χ4v) is 3.58. The van der Waals surface area contributed by atoms with Crippen molar-refractivity contribution in [1.29, 1.82) is 0 Å². The highest BCUT2D eigenvalue weighted by Gasteiger charge is 2.23. The van der Waals surface area contributed by atoms with Crippen molar-refractivity contribution in [2.75, 3.05) is 7.11 Å². The second-order valence-corrected chi connectivity index (χ2v) is 7.12. The number of amides is 1. The summed E-state index contributed by atoms with van der Waals surface area (Å²) >= 11 is 0. The third-order valence-corrected chi connectivity index (χ3v) is 5.09. The highest BCUT2D eigenvalue weighted by atomic mass is 16.5. The Bertz CT molecular complexity index is 1210. The minimum Gasteiger partial charge on any atom is -0.467 e. The van der Waals surface area contributed by atoms with Crippen molar-refractivity contribution < 1.29 is 14.3 Å². The van der Waals surface area contributed by atoms with Crippen molar-refractivity contribution in [3.63, 3.8) is 0 Å². The highest BCUT2D eigenvalue weighted by molar-refractivity contribution is 6.16. The Kier molecular flexibility index (Phi) is 6.03. The summed E-state index contributed by atoms with van der Waals surface area (Å²) < 4.78 is 4.93. The zero-order valence-corrected chi connectivity index (χ0v) is 17.1. The van der Waals surface area contributed by atoms with Crippen LogP contribution in [0.4, 0.5) is 0 Å². The number of carbonyl (C=O) groups excluding carboxylic acids is 2. The first kappa shape index (κ1) is 20.3. The second-order valence-electron chi connectivity index (χ2n) is 7.12. The molecular weight excluding hydrogens is 388 g/mol. The molecule has 0 unspecified atom stereocenters. The number of nitrogens with one attached hydrogen (secondary N) is 1. The molecule has 154 valence electrons. The average Bonchev–Trinajstić information content (AvgIpc) is 2.81. The maximum Gasteiger partial charge on any atom is 0.328 e. The van der Waals surface area contributed by atoms with Gasteiger partial charge in [-0.05, 0) is 24.1 Å². The predicted octanol–water partition coefficient (Wildman–Crippen LogP) is 4.76. The average molecular weight is 410 g/mol. The third-order valence-electron chi connectivity index (χ3n) is 5.09. The molecule has 5 nitrogen and oxygen atoms in total. The number of rotatable bonds is 6. The SMILES string of the molecule is COC(=O)[C@H](C/C=C/c1ccccc1)NC(=O)c1c2ccccc2nc2ccccc12. The summed E-state index contributed by atoms with van der Waals surface area (Å²) in [4.78, 5) is 30.4. The Balaban J connectivity index is 1.66. The van der Waals surface area contributed by atoms with E-state index in [1.54, 1.807) is 0 Å². The van der Waals surface area contributed by atoms with Gasteiger partial charge in [0.15, 0.2) is 0 Å². The van der Waals surface area contributed by atoms with Crippen LogP contribution in [0.25, 0.3) is 27.9 Å². The number of para-hydroxylation sites is 2. The van der Waals surface area contributed by atoms with E-state index in [-0.39, 0.29) is 5.91 Å². The minimum atomic E-state index is -0.803. The van der Waals surface area contributed by atoms with Gasteiger partial charge in [0.1, 0.15) is 6.04 Å². The smallest absolute Gasteiger partial charge is 0.328 e. The molecule has 0 aliphatic heterocycles. The van der Waals surface area contributed by atoms with Crippen LogP contribution in [0.1, 0.15) is 22.3 Å². The summed E-state index contributed by atoms with van der Waals surface area (Å²) in [5.74, 6) is -0.827. The topological polar surface area (TPSA) is 68.3 Å². The number of ether oxygens (including phenoxy) is 1. The first-order chi connectivity index (χ1) is 15.2. The lowest BCUT2D eigenvalue weighted by molar-refractivity contribution is -0.142. The Labute approximate surface area is 180 Å². The highest BCUT2D eigenvalue weighted by Crippen LogP contribution is 2.26. The summed E-state index contributed by atoms with van der Waals surface area (Å²) in [5.41, 5.74) is 2.97. The summed E-state index contributed by atoms with van der Waals surface area (Å²) in [7, 11) is 1.32. The number of esters is 1. The number of carbonyl (C=O) groups is 2. The third kappa shape index (κ3) is 4.46. The molecule has 4 aromatic rings. The zero-order chi connectivity index (χ0) is 21.6. The number of hydrogen-bond donors (Lipinski definition) is 1. The van der Waals surface area contributed by atoms with E-state index in [9.17, 15) is 9.59 Å². The maximum absolute atomic E-state index is 13.4. The Hall–Kier alpha value is -3.99. The molecule has 0 aliphatic rings. The molecule has 0 aliphatic carbocycles. The summed E-state index contributed by atoms with van der Waals surface area (Å²) in [6.45, 7) is 0. The Morgan fingerprint density at radius 2 is 1.48 bits per heavy atom. The van der Waals surface area contributed by atoms with E-state index in [1.807, 2.05) is 91.0 Å². The number of benzene rings is 3. The molecular formula is C26H22N2O3. The van der Waals surface area contributed by atoms with Crippen LogP contribution in [-0.2, 0) is 9.53 Å². The van der Waals surface area contributed by atoms with Crippen LogP contribution in [0.15, 0.2) is 84.9 Å². The van der Waals surface area contributed by atoms with Gasteiger partial charge in [-0.1, -0.05) is 78.9 Å². The maximum atomic E-state index is 13.4. The van der Waals surface area contributed by atoms with E-state index in [0.29, 0.717) is 12.0 Å². The van der Waals surface area contributed by atoms with E-state index in [1.165, 1.54) is 7.11 Å². The van der Waals surface area contributed by atoms with Crippen LogP contribution in [-0.4, -0.2) is 30.0 Å². The normalized spacial score (nSPS) is 12.2. The minimum absolute atomic E-state index is 0.314. The van der Waals surface area contributed by atoms with Crippen LogP contribution in [0, 0.1) is 0 Å². The van der Waals surface area contributed by atoms with E-state index in [2.05, 4.69) is 10.3 Å². The molecule has 0 fully saturated rings. The fraction of sp³-hybridized carbons (Fsp3) is 0.115. The molecule has 1 amide bonds. The van der Waals surface area contributed by atoms with Gasteiger partial charge in [0.25, 0.3) is 5.91 Å². The van der Waals surface area contributed by atoms with Crippen molar-refractivity contribution in [2.24, 2.45) is 0 Å². The van der Waals surface area contributed by atoms with E-state index >= 15 is 0 Å². The lowest BCUT2D eigenvalue weighted by Gasteiger charge is -2.17. The molecule has 1 heterocycles. The first-order valence-corrected chi connectivity index (χ1v) is 10.0. The lowest BCUT2D eigenvalue weighted by atomic mass is 10.0. The molecule has 1 aromatic heterocycles. The molecule has 0 saturated heterocycles. The van der Waals surface area contributed by atoms with Crippen molar-refractivity contribution >= 4 is 39.8 Å². The van der Waals surface area contributed by atoms with Crippen LogP contribution in [0.2, 0.25) is 0 Å². The molecule has 1 atom stereocenters. The molecule has 0 radical (unpaired) electrons. The second kappa shape index (κ2) is 9.22. The molecule has 3 aromatic carbocycles. The zero-order valence-electron chi connectivity index (χ0n) is 17.1. The van der Waals surface area contributed by atoms with Crippen molar-refractivity contribution in [3.05, 3.63) is 96.1 Å². The summed E-state index contributed by atoms with van der Waals surface area (Å²) in [6, 6.07) is 24.0. The quantitative estimate of drug-likeness (QED) is 0.367. The van der Waals surface area contributed by atoms with Gasteiger partial charge in [0.05, 0.1) is 23.7 Å². The van der Waals surface area contributed by atoms with Crippen LogP contribution < -0.4 is 5.32 Å². The monoisotopic (exact) mass is 410 g/mol. The standard InChI is InChI=1S/C26H22N2O3/c1-31-26(30)23(17-9-12-18-10-3-2-4-11-18)28-25(29)24-19-13-5-7-15-21(19)27-22-16-8-6-14-20(22)24/h2-16,23H,17H2,1H3,(H,28,29)/b12-9+/t23-/m0/s1. The first-order valence-electron chi connectivity index (χ1n) is 10.0. The van der Waals surface area contributed by atoms with Crippen LogP contribution >= 0.6 is 0 Å². The van der Waals surface area contributed by atoms with Crippen LogP contribution in [0.3, 0.4) is 0 Å². The van der Waals surface area contributed by atoms with Crippen LogP contribution in [0.5, 0.6) is 0 Å². The number of fused-ring (bicyclic) bond motifs is 2. The molecule has 5 heteroatoms. The van der Waals surface area contributed by atoms with Gasteiger partial charge in [-0.3, -0.25) is 4.79 Å². The molecule has 4 rings (SSSR count). The van der Waals surface area contributed by atoms with Gasteiger partial charge in [-0.15, -0.1) is 0 Å². The predicted molar refractivity (Wildman–Crippen MR) is 123 cm³/mol. The van der Waals surface area contributed by atoms with Crippen molar-refractivity contribution in [2.45, 2.75) is 12.5 Å². The molecule has 0 spiro atoms. The fourth-order valence-electron chi connectivity index (χ4n) is 3.58. The van der Waals surface area contributed by atoms with Crippen molar-refractivity contribution in [3.8, 4) is 0 Å². The largest absolute Gasteiger partial charge is 0.467 e. The van der Waals surface area contributed by atoms with Gasteiger partial charge in [-0.2, -0.15) is 0 Å². The Morgan fingerprint density at radius 1 is 0.903 bits per heavy atom. The number of hydrogen-bond acceptors (Lipinski definition) is 4. The van der Waals surface area contributed by atoms with Gasteiger partial charge in [-0.25, -0.2) is 9.78 Å².